The number of sulfonamides is 1. The average molecular weight is 557 g/mol. The summed E-state index contributed by atoms with van der Waals surface area (Å²) in [5.74, 6) is 2.54. The second-order valence-electron chi connectivity index (χ2n) is 11.2. The third-order valence-electron chi connectivity index (χ3n) is 8.15. The molecule has 39 heavy (non-hydrogen) atoms. The van der Waals surface area contributed by atoms with Crippen molar-refractivity contribution in [1.29, 1.82) is 0 Å². The van der Waals surface area contributed by atoms with E-state index in [4.69, 9.17) is 4.74 Å². The lowest BCUT2D eigenvalue weighted by Crippen LogP contribution is -2.51. The first kappa shape index (κ1) is 27.8. The van der Waals surface area contributed by atoms with Crippen molar-refractivity contribution in [1.82, 2.24) is 24.5 Å². The van der Waals surface area contributed by atoms with Gasteiger partial charge in [0.25, 0.3) is 5.91 Å². The first-order valence-electron chi connectivity index (χ1n) is 14.0. The molecule has 1 unspecified atom stereocenters. The van der Waals surface area contributed by atoms with E-state index >= 15 is 0 Å². The monoisotopic (exact) mass is 556 g/mol. The molecule has 1 aromatic carbocycles. The number of para-hydroxylation sites is 1. The average Bonchev–Trinajstić information content (AvgIpc) is 2.92. The summed E-state index contributed by atoms with van der Waals surface area (Å²) >= 11 is 0. The summed E-state index contributed by atoms with van der Waals surface area (Å²) in [6.45, 7) is 8.25. The number of rotatable bonds is 7. The van der Waals surface area contributed by atoms with Crippen molar-refractivity contribution >= 4 is 21.7 Å². The predicted octanol–water partition coefficient (Wildman–Crippen LogP) is 2.37. The summed E-state index contributed by atoms with van der Waals surface area (Å²) in [5.41, 5.74) is 2.48. The van der Waals surface area contributed by atoms with E-state index in [1.54, 1.807) is 0 Å². The number of benzene rings is 1. The van der Waals surface area contributed by atoms with E-state index in [1.807, 2.05) is 36.9 Å². The third-order valence-corrected chi connectivity index (χ3v) is 8.91. The number of fused-ring (bicyclic) bond motifs is 1. The fourth-order valence-electron chi connectivity index (χ4n) is 6.04. The number of aromatic nitrogens is 2. The van der Waals surface area contributed by atoms with Gasteiger partial charge in [0.2, 0.25) is 10.0 Å². The molecule has 10 nitrogen and oxygen atoms in total. The van der Waals surface area contributed by atoms with Gasteiger partial charge in [-0.2, -0.15) is 0 Å². The molecule has 11 heteroatoms. The molecular weight excluding hydrogens is 516 g/mol. The standard InChI is InChI=1S/C28H40N6O4S/c1-19-26(30-20(2)31-27(19)29-17-21-16-22-6-4-5-7-25(22)38-18-21)28(35)34-14-10-24(11-15-34)33-12-8-23(9-13-33)32-39(3,36)37/h4-7,21,23-24,32H,8-18H2,1-3H3,(H,29,30,31). The molecule has 2 N–H and O–H groups in total. The molecule has 0 radical (unpaired) electrons. The molecule has 1 amide bonds. The second kappa shape index (κ2) is 11.8. The highest BCUT2D eigenvalue weighted by Gasteiger charge is 2.32. The molecule has 2 saturated heterocycles. The van der Waals surface area contributed by atoms with Gasteiger partial charge in [0.1, 0.15) is 23.1 Å². The molecule has 212 valence electrons. The van der Waals surface area contributed by atoms with Gasteiger partial charge in [-0.15, -0.1) is 0 Å². The number of piperidine rings is 2. The number of hydrogen-bond donors (Lipinski definition) is 2. The van der Waals surface area contributed by atoms with Crippen LogP contribution in [-0.2, 0) is 16.4 Å². The summed E-state index contributed by atoms with van der Waals surface area (Å²) < 4.78 is 31.7. The Labute approximate surface area is 231 Å². The molecule has 2 fully saturated rings. The van der Waals surface area contributed by atoms with Crippen molar-refractivity contribution in [2.45, 2.75) is 58.0 Å². The van der Waals surface area contributed by atoms with Crippen LogP contribution < -0.4 is 14.8 Å². The number of carbonyl (C=O) groups excluding carboxylic acids is 1. The maximum Gasteiger partial charge on any atom is 0.272 e. The Morgan fingerprint density at radius 1 is 1.05 bits per heavy atom. The Balaban J connectivity index is 1.15. The Hall–Kier alpha value is -2.76. The van der Waals surface area contributed by atoms with Gasteiger partial charge in [-0.25, -0.2) is 23.1 Å². The van der Waals surface area contributed by atoms with Crippen LogP contribution in [0.15, 0.2) is 24.3 Å². The lowest BCUT2D eigenvalue weighted by Gasteiger charge is -2.41. The minimum atomic E-state index is -3.17. The van der Waals surface area contributed by atoms with Crippen LogP contribution in [0.3, 0.4) is 0 Å². The molecule has 3 aliphatic rings. The zero-order valence-electron chi connectivity index (χ0n) is 23.1. The van der Waals surface area contributed by atoms with E-state index in [0.29, 0.717) is 55.5 Å². The van der Waals surface area contributed by atoms with Crippen LogP contribution in [0.25, 0.3) is 0 Å². The van der Waals surface area contributed by atoms with Gasteiger partial charge in [-0.3, -0.25) is 4.79 Å². The van der Waals surface area contributed by atoms with Crippen LogP contribution in [0, 0.1) is 19.8 Å². The van der Waals surface area contributed by atoms with Crippen LogP contribution >= 0.6 is 0 Å². The van der Waals surface area contributed by atoms with Gasteiger partial charge in [-0.05, 0) is 70.7 Å². The molecule has 0 bridgehead atoms. The fraction of sp³-hybridized carbons (Fsp3) is 0.607. The molecule has 0 spiro atoms. The highest BCUT2D eigenvalue weighted by molar-refractivity contribution is 7.88. The Morgan fingerprint density at radius 3 is 2.49 bits per heavy atom. The second-order valence-corrected chi connectivity index (χ2v) is 13.0. The quantitative estimate of drug-likeness (QED) is 0.534. The van der Waals surface area contributed by atoms with Crippen molar-refractivity contribution in [2.24, 2.45) is 5.92 Å². The van der Waals surface area contributed by atoms with Crippen molar-refractivity contribution in [3.05, 3.63) is 46.9 Å². The summed E-state index contributed by atoms with van der Waals surface area (Å²) in [4.78, 5) is 27.1. The molecule has 4 heterocycles. The zero-order valence-corrected chi connectivity index (χ0v) is 24.0. The van der Waals surface area contributed by atoms with E-state index in [2.05, 4.69) is 31.0 Å². The normalized spacial score (nSPS) is 21.3. The largest absolute Gasteiger partial charge is 0.493 e. The van der Waals surface area contributed by atoms with Gasteiger partial charge >= 0.3 is 0 Å². The molecule has 1 atom stereocenters. The van der Waals surface area contributed by atoms with Crippen LogP contribution in [0.1, 0.15) is 53.1 Å². The molecule has 0 aliphatic carbocycles. The van der Waals surface area contributed by atoms with E-state index in [0.717, 1.165) is 56.5 Å². The molecule has 1 aromatic heterocycles. The van der Waals surface area contributed by atoms with Crippen molar-refractivity contribution < 1.29 is 17.9 Å². The van der Waals surface area contributed by atoms with Crippen LogP contribution in [0.5, 0.6) is 5.75 Å². The highest BCUT2D eigenvalue weighted by atomic mass is 32.2. The van der Waals surface area contributed by atoms with Gasteiger partial charge in [0.05, 0.1) is 12.9 Å². The Morgan fingerprint density at radius 2 is 1.77 bits per heavy atom. The number of nitrogens with one attached hydrogen (secondary N) is 2. The van der Waals surface area contributed by atoms with Crippen LogP contribution in [0.2, 0.25) is 0 Å². The number of nitrogens with zero attached hydrogens (tertiary/aromatic N) is 4. The van der Waals surface area contributed by atoms with Gasteiger partial charge < -0.3 is 19.9 Å². The number of ether oxygens (including phenoxy) is 1. The predicted molar refractivity (Wildman–Crippen MR) is 151 cm³/mol. The van der Waals surface area contributed by atoms with Gasteiger partial charge in [-0.1, -0.05) is 18.2 Å². The lowest BCUT2D eigenvalue weighted by molar-refractivity contribution is 0.0570. The summed E-state index contributed by atoms with van der Waals surface area (Å²) in [6.07, 6.45) is 5.62. The number of anilines is 1. The SMILES string of the molecule is Cc1nc(NCC2COc3ccccc3C2)c(C)c(C(=O)N2CCC(N3CCC(NS(C)(=O)=O)CC3)CC2)n1. The third kappa shape index (κ3) is 6.88. The number of carbonyl (C=O) groups is 1. The maximum absolute atomic E-state index is 13.5. The van der Waals surface area contributed by atoms with E-state index in [-0.39, 0.29) is 11.9 Å². The minimum Gasteiger partial charge on any atom is -0.493 e. The Bertz CT molecular complexity index is 1290. The first-order chi connectivity index (χ1) is 18.7. The number of amides is 1. The zero-order chi connectivity index (χ0) is 27.6. The number of hydrogen-bond acceptors (Lipinski definition) is 8. The maximum atomic E-state index is 13.5. The van der Waals surface area contributed by atoms with Crippen molar-refractivity contribution in [3.63, 3.8) is 0 Å². The number of likely N-dealkylation sites (tertiary alicyclic amines) is 2. The van der Waals surface area contributed by atoms with E-state index < -0.39 is 10.0 Å². The van der Waals surface area contributed by atoms with Gasteiger partial charge in [0, 0.05) is 43.2 Å². The molecule has 0 saturated carbocycles. The van der Waals surface area contributed by atoms with E-state index in [9.17, 15) is 13.2 Å². The topological polar surface area (TPSA) is 117 Å². The fourth-order valence-corrected chi connectivity index (χ4v) is 6.88. The number of aryl methyl sites for hydroxylation is 1. The summed E-state index contributed by atoms with van der Waals surface area (Å²) in [6, 6.07) is 8.60. The van der Waals surface area contributed by atoms with Crippen molar-refractivity contribution in [2.75, 3.05) is 50.9 Å². The smallest absolute Gasteiger partial charge is 0.272 e. The molecule has 3 aliphatic heterocycles. The summed E-state index contributed by atoms with van der Waals surface area (Å²) in [7, 11) is -3.17. The highest BCUT2D eigenvalue weighted by Crippen LogP contribution is 2.28. The Kier molecular flexibility index (Phi) is 8.39. The van der Waals surface area contributed by atoms with Gasteiger partial charge in [0.15, 0.2) is 0 Å². The van der Waals surface area contributed by atoms with Crippen LogP contribution in [0.4, 0.5) is 5.82 Å². The molecule has 5 rings (SSSR count). The first-order valence-corrected chi connectivity index (χ1v) is 15.9. The summed E-state index contributed by atoms with van der Waals surface area (Å²) in [5, 5.41) is 3.47. The molecular formula is C28H40N6O4S. The molecule has 2 aromatic rings. The van der Waals surface area contributed by atoms with Crippen LogP contribution in [-0.4, -0.2) is 91.8 Å². The van der Waals surface area contributed by atoms with Crippen molar-refractivity contribution in [3.8, 4) is 5.75 Å². The van der Waals surface area contributed by atoms with E-state index in [1.165, 1.54) is 11.8 Å². The minimum absolute atomic E-state index is 0.0196. The lowest BCUT2D eigenvalue weighted by atomic mass is 9.96.